The van der Waals surface area contributed by atoms with Crippen molar-refractivity contribution in [3.63, 3.8) is 0 Å². The number of hydrogen-bond acceptors (Lipinski definition) is 2. The number of imidazole rings is 1. The monoisotopic (exact) mass is 245 g/mol. The molecule has 0 amide bonds. The van der Waals surface area contributed by atoms with E-state index < -0.39 is 0 Å². The quantitative estimate of drug-likeness (QED) is 0.881. The molecule has 1 unspecified atom stereocenters. The predicted molar refractivity (Wildman–Crippen MR) is 68.2 cm³/mol. The molecule has 0 bridgehead atoms. The molecule has 3 rings (SSSR count). The fourth-order valence-corrected chi connectivity index (χ4v) is 2.56. The third-order valence-electron chi connectivity index (χ3n) is 3.58. The minimum Gasteiger partial charge on any atom is -0.309 e. The molecule has 1 N–H and O–H groups in total. The van der Waals surface area contributed by atoms with E-state index in [1.165, 1.54) is 12.5 Å². The van der Waals surface area contributed by atoms with Crippen LogP contribution >= 0.6 is 0 Å². The molecular weight excluding hydrogens is 229 g/mol. The highest BCUT2D eigenvalue weighted by molar-refractivity contribution is 5.42. The molecule has 1 atom stereocenters. The highest BCUT2D eigenvalue weighted by atomic mass is 19.1. The van der Waals surface area contributed by atoms with Crippen LogP contribution in [0.1, 0.15) is 30.1 Å². The van der Waals surface area contributed by atoms with Gasteiger partial charge in [-0.15, -0.1) is 0 Å². The zero-order valence-electron chi connectivity index (χ0n) is 10.4. The second-order valence-corrected chi connectivity index (χ2v) is 4.72. The average Bonchev–Trinajstić information content (AvgIpc) is 3.01. The van der Waals surface area contributed by atoms with E-state index in [4.69, 9.17) is 0 Å². The molecule has 0 radical (unpaired) electrons. The Bertz CT molecular complexity index is 556. The second kappa shape index (κ2) is 4.53. The van der Waals surface area contributed by atoms with Gasteiger partial charge in [-0.1, -0.05) is 6.07 Å². The van der Waals surface area contributed by atoms with Crippen LogP contribution in [-0.4, -0.2) is 16.1 Å². The molecule has 94 valence electrons. The van der Waals surface area contributed by atoms with Gasteiger partial charge in [-0.25, -0.2) is 9.37 Å². The summed E-state index contributed by atoms with van der Waals surface area (Å²) in [6.07, 6.45) is 5.92. The van der Waals surface area contributed by atoms with Crippen LogP contribution in [0, 0.1) is 12.7 Å². The Balaban J connectivity index is 2.06. The van der Waals surface area contributed by atoms with E-state index in [1.807, 2.05) is 16.8 Å². The molecule has 1 aliphatic rings. The van der Waals surface area contributed by atoms with Crippen molar-refractivity contribution in [2.45, 2.75) is 25.8 Å². The van der Waals surface area contributed by atoms with Crippen molar-refractivity contribution >= 4 is 0 Å². The Morgan fingerprint density at radius 1 is 1.44 bits per heavy atom. The fraction of sp³-hybridized carbons (Fsp3) is 0.357. The molecule has 3 nitrogen and oxygen atoms in total. The van der Waals surface area contributed by atoms with E-state index in [-0.39, 0.29) is 5.82 Å². The van der Waals surface area contributed by atoms with Gasteiger partial charge in [-0.2, -0.15) is 0 Å². The van der Waals surface area contributed by atoms with E-state index in [0.717, 1.165) is 24.3 Å². The molecule has 0 saturated carbocycles. The summed E-state index contributed by atoms with van der Waals surface area (Å²) < 4.78 is 15.6. The molecule has 2 aromatic rings. The summed E-state index contributed by atoms with van der Waals surface area (Å²) in [7, 11) is 0. The smallest absolute Gasteiger partial charge is 0.128 e. The normalized spacial score (nSPS) is 19.3. The number of hydrogen-bond donors (Lipinski definition) is 1. The first kappa shape index (κ1) is 11.4. The van der Waals surface area contributed by atoms with E-state index in [2.05, 4.69) is 10.3 Å². The van der Waals surface area contributed by atoms with Gasteiger partial charge in [0.2, 0.25) is 0 Å². The van der Waals surface area contributed by atoms with Gasteiger partial charge in [0.1, 0.15) is 5.82 Å². The summed E-state index contributed by atoms with van der Waals surface area (Å²) >= 11 is 0. The number of aromatic nitrogens is 2. The summed E-state index contributed by atoms with van der Waals surface area (Å²) in [6, 6.07) is 5.49. The zero-order valence-corrected chi connectivity index (χ0v) is 10.4. The van der Waals surface area contributed by atoms with Gasteiger partial charge in [-0.05, 0) is 38.4 Å². The predicted octanol–water partition coefficient (Wildman–Crippen LogP) is 2.74. The molecular formula is C14H16FN3. The lowest BCUT2D eigenvalue weighted by atomic mass is 10.1. The third-order valence-corrected chi connectivity index (χ3v) is 3.58. The number of halogens is 1. The Labute approximate surface area is 106 Å². The third kappa shape index (κ3) is 1.82. The lowest BCUT2D eigenvalue weighted by Crippen LogP contribution is -2.16. The Morgan fingerprint density at radius 2 is 2.33 bits per heavy atom. The van der Waals surface area contributed by atoms with E-state index in [1.54, 1.807) is 19.3 Å². The van der Waals surface area contributed by atoms with Gasteiger partial charge in [-0.3, -0.25) is 0 Å². The molecule has 0 spiro atoms. The number of nitrogens with zero attached hydrogens (tertiary/aromatic N) is 2. The van der Waals surface area contributed by atoms with Gasteiger partial charge in [0, 0.05) is 11.6 Å². The van der Waals surface area contributed by atoms with Gasteiger partial charge in [0.05, 0.1) is 23.9 Å². The number of rotatable bonds is 2. The minimum absolute atomic E-state index is 0.175. The van der Waals surface area contributed by atoms with Crippen LogP contribution in [0.25, 0.3) is 5.69 Å². The summed E-state index contributed by atoms with van der Waals surface area (Å²) in [5, 5.41) is 3.45. The molecule has 2 heterocycles. The Kier molecular flexibility index (Phi) is 2.88. The standard InChI is InChI=1S/C14H16FN3/c1-10-11(15)4-2-6-13(10)18-9-16-8-14(18)12-5-3-7-17-12/h2,4,6,8-9,12,17H,3,5,7H2,1H3. The van der Waals surface area contributed by atoms with Crippen LogP contribution < -0.4 is 5.32 Å². The first-order chi connectivity index (χ1) is 8.77. The van der Waals surface area contributed by atoms with Crippen LogP contribution in [0.5, 0.6) is 0 Å². The maximum absolute atomic E-state index is 13.6. The molecule has 1 fully saturated rings. The molecule has 18 heavy (non-hydrogen) atoms. The molecule has 4 heteroatoms. The van der Waals surface area contributed by atoms with E-state index >= 15 is 0 Å². The van der Waals surface area contributed by atoms with Crippen molar-refractivity contribution in [3.8, 4) is 5.69 Å². The van der Waals surface area contributed by atoms with Crippen molar-refractivity contribution in [2.24, 2.45) is 0 Å². The van der Waals surface area contributed by atoms with Gasteiger partial charge in [0.25, 0.3) is 0 Å². The van der Waals surface area contributed by atoms with Gasteiger partial charge in [0.15, 0.2) is 0 Å². The van der Waals surface area contributed by atoms with Crippen molar-refractivity contribution in [2.75, 3.05) is 6.54 Å². The Morgan fingerprint density at radius 3 is 3.11 bits per heavy atom. The lowest BCUT2D eigenvalue weighted by molar-refractivity contribution is 0.604. The van der Waals surface area contributed by atoms with Crippen molar-refractivity contribution in [1.29, 1.82) is 0 Å². The molecule has 0 aliphatic carbocycles. The first-order valence-corrected chi connectivity index (χ1v) is 6.28. The summed E-state index contributed by atoms with van der Waals surface area (Å²) in [4.78, 5) is 4.21. The molecule has 1 saturated heterocycles. The molecule has 1 aromatic heterocycles. The summed E-state index contributed by atoms with van der Waals surface area (Å²) in [5.41, 5.74) is 2.65. The van der Waals surface area contributed by atoms with Crippen LogP contribution in [0.2, 0.25) is 0 Å². The Hall–Kier alpha value is -1.68. The van der Waals surface area contributed by atoms with E-state index in [0.29, 0.717) is 11.6 Å². The SMILES string of the molecule is Cc1c(F)cccc1-n1cncc1C1CCCN1. The van der Waals surface area contributed by atoms with Crippen LogP contribution in [0.4, 0.5) is 4.39 Å². The first-order valence-electron chi connectivity index (χ1n) is 6.28. The maximum atomic E-state index is 13.6. The largest absolute Gasteiger partial charge is 0.309 e. The number of benzene rings is 1. The minimum atomic E-state index is -0.175. The summed E-state index contributed by atoms with van der Waals surface area (Å²) in [6.45, 7) is 2.84. The molecule has 1 aromatic carbocycles. The number of nitrogens with one attached hydrogen (secondary N) is 1. The average molecular weight is 245 g/mol. The summed E-state index contributed by atoms with van der Waals surface area (Å²) in [5.74, 6) is -0.175. The zero-order chi connectivity index (χ0) is 12.5. The highest BCUT2D eigenvalue weighted by Crippen LogP contribution is 2.26. The van der Waals surface area contributed by atoms with Crippen molar-refractivity contribution in [1.82, 2.24) is 14.9 Å². The van der Waals surface area contributed by atoms with Crippen molar-refractivity contribution < 1.29 is 4.39 Å². The topological polar surface area (TPSA) is 29.9 Å². The van der Waals surface area contributed by atoms with E-state index in [9.17, 15) is 4.39 Å². The lowest BCUT2D eigenvalue weighted by Gasteiger charge is -2.15. The fourth-order valence-electron chi connectivity index (χ4n) is 2.56. The van der Waals surface area contributed by atoms with Gasteiger partial charge < -0.3 is 9.88 Å². The maximum Gasteiger partial charge on any atom is 0.128 e. The highest BCUT2D eigenvalue weighted by Gasteiger charge is 2.21. The van der Waals surface area contributed by atoms with Crippen LogP contribution in [-0.2, 0) is 0 Å². The van der Waals surface area contributed by atoms with Crippen LogP contribution in [0.15, 0.2) is 30.7 Å². The van der Waals surface area contributed by atoms with Crippen LogP contribution in [0.3, 0.4) is 0 Å². The van der Waals surface area contributed by atoms with Crippen molar-refractivity contribution in [3.05, 3.63) is 47.8 Å². The molecule has 1 aliphatic heterocycles. The van der Waals surface area contributed by atoms with Gasteiger partial charge >= 0.3 is 0 Å². The second-order valence-electron chi connectivity index (χ2n) is 4.72.